The van der Waals surface area contributed by atoms with Crippen molar-refractivity contribution in [2.45, 2.75) is 19.0 Å². The highest BCUT2D eigenvalue weighted by Gasteiger charge is 2.26. The number of hydrogen-bond acceptors (Lipinski definition) is 3. The van der Waals surface area contributed by atoms with Crippen LogP contribution in [-0.2, 0) is 17.8 Å². The maximum absolute atomic E-state index is 13.5. The van der Waals surface area contributed by atoms with Crippen LogP contribution in [0.2, 0.25) is 0 Å². The zero-order valence-electron chi connectivity index (χ0n) is 17.0. The Kier molecular flexibility index (Phi) is 6.13. The molecule has 1 atom stereocenters. The normalized spacial score (nSPS) is 11.9. The van der Waals surface area contributed by atoms with Crippen LogP contribution in [0.3, 0.4) is 0 Å². The van der Waals surface area contributed by atoms with Crippen LogP contribution in [0.5, 0.6) is 0 Å². The Hall–Kier alpha value is -3.45. The number of aromatic amines is 1. The van der Waals surface area contributed by atoms with Crippen LogP contribution >= 0.6 is 11.3 Å². The molecule has 4 rings (SSSR count). The van der Waals surface area contributed by atoms with Crippen molar-refractivity contribution >= 4 is 34.1 Å². The molecule has 0 saturated heterocycles. The molecule has 2 aromatic carbocycles. The molecule has 0 bridgehead atoms. The molecule has 158 valence electrons. The zero-order valence-corrected chi connectivity index (χ0v) is 17.8. The predicted octanol–water partition coefficient (Wildman–Crippen LogP) is 4.37. The first-order valence-electron chi connectivity index (χ1n) is 9.90. The number of benzene rings is 2. The van der Waals surface area contributed by atoms with Crippen LogP contribution in [0, 0.1) is 5.82 Å². The highest BCUT2D eigenvalue weighted by atomic mass is 32.1. The summed E-state index contributed by atoms with van der Waals surface area (Å²) in [5.41, 5.74) is 2.60. The molecule has 2 N–H and O–H groups in total. The standard InChI is InChI=1S/C24H22FN3O2S/c1-28(15-16-6-4-7-18(25)12-16)24(30)21(27-23(29)22-10-5-11-31-22)13-17-14-26-20-9-3-2-8-19(17)20/h2-12,14,21,26H,13,15H2,1H3,(H,27,29)/t21-/m0/s1. The predicted molar refractivity (Wildman–Crippen MR) is 120 cm³/mol. The van der Waals surface area contributed by atoms with Crippen molar-refractivity contribution in [3.63, 3.8) is 0 Å². The van der Waals surface area contributed by atoms with Crippen molar-refractivity contribution < 1.29 is 14.0 Å². The van der Waals surface area contributed by atoms with Gasteiger partial charge in [-0.25, -0.2) is 4.39 Å². The summed E-state index contributed by atoms with van der Waals surface area (Å²) in [7, 11) is 1.66. The van der Waals surface area contributed by atoms with E-state index in [1.165, 1.54) is 28.4 Å². The van der Waals surface area contributed by atoms with E-state index in [4.69, 9.17) is 0 Å². The Morgan fingerprint density at radius 3 is 2.74 bits per heavy atom. The number of amides is 2. The Morgan fingerprint density at radius 2 is 1.97 bits per heavy atom. The molecular weight excluding hydrogens is 413 g/mol. The number of carbonyl (C=O) groups is 2. The van der Waals surface area contributed by atoms with Gasteiger partial charge < -0.3 is 15.2 Å². The summed E-state index contributed by atoms with van der Waals surface area (Å²) in [6.45, 7) is 0.246. The minimum atomic E-state index is -0.757. The largest absolute Gasteiger partial charge is 0.361 e. The monoisotopic (exact) mass is 435 g/mol. The Labute approximate surface area is 183 Å². The van der Waals surface area contributed by atoms with Gasteiger partial charge in [-0.15, -0.1) is 11.3 Å². The molecule has 4 aromatic rings. The number of nitrogens with zero attached hydrogens (tertiary/aromatic N) is 1. The summed E-state index contributed by atoms with van der Waals surface area (Å²) in [6, 6.07) is 16.8. The fourth-order valence-electron chi connectivity index (χ4n) is 3.61. The number of carbonyl (C=O) groups excluding carboxylic acids is 2. The molecule has 0 aliphatic rings. The van der Waals surface area contributed by atoms with Gasteiger partial charge in [0.05, 0.1) is 4.88 Å². The van der Waals surface area contributed by atoms with E-state index in [0.717, 1.165) is 16.5 Å². The maximum atomic E-state index is 13.5. The van der Waals surface area contributed by atoms with Gasteiger partial charge in [-0.3, -0.25) is 9.59 Å². The van der Waals surface area contributed by atoms with Crippen molar-refractivity contribution in [1.82, 2.24) is 15.2 Å². The van der Waals surface area contributed by atoms with Gasteiger partial charge in [-0.1, -0.05) is 36.4 Å². The van der Waals surface area contributed by atoms with Gasteiger partial charge in [-0.05, 0) is 40.8 Å². The maximum Gasteiger partial charge on any atom is 0.262 e. The molecular formula is C24H22FN3O2S. The Morgan fingerprint density at radius 1 is 1.13 bits per heavy atom. The van der Waals surface area contributed by atoms with E-state index in [2.05, 4.69) is 10.3 Å². The number of likely N-dealkylation sites (N-methyl/N-ethyl adjacent to an activating group) is 1. The second kappa shape index (κ2) is 9.14. The molecule has 31 heavy (non-hydrogen) atoms. The van der Waals surface area contributed by atoms with Gasteiger partial charge in [0.2, 0.25) is 5.91 Å². The first kappa shape index (κ1) is 20.8. The van der Waals surface area contributed by atoms with Crippen LogP contribution < -0.4 is 5.32 Å². The number of rotatable bonds is 7. The number of thiophene rings is 1. The smallest absolute Gasteiger partial charge is 0.262 e. The number of aromatic nitrogens is 1. The third-order valence-electron chi connectivity index (χ3n) is 5.13. The van der Waals surface area contributed by atoms with E-state index in [9.17, 15) is 14.0 Å². The first-order valence-corrected chi connectivity index (χ1v) is 10.8. The highest BCUT2D eigenvalue weighted by molar-refractivity contribution is 7.12. The van der Waals surface area contributed by atoms with Crippen molar-refractivity contribution in [1.29, 1.82) is 0 Å². The molecule has 5 nitrogen and oxygen atoms in total. The van der Waals surface area contributed by atoms with Crippen molar-refractivity contribution in [3.05, 3.63) is 94.1 Å². The van der Waals surface area contributed by atoms with Crippen LogP contribution in [-0.4, -0.2) is 34.8 Å². The van der Waals surface area contributed by atoms with Crippen LogP contribution in [0.1, 0.15) is 20.8 Å². The number of nitrogens with one attached hydrogen (secondary N) is 2. The third kappa shape index (κ3) is 4.83. The average Bonchev–Trinajstić information content (AvgIpc) is 3.43. The van der Waals surface area contributed by atoms with Gasteiger partial charge >= 0.3 is 0 Å². The SMILES string of the molecule is CN(Cc1cccc(F)c1)C(=O)[C@H](Cc1c[nH]c2ccccc12)NC(=O)c1cccs1. The molecule has 0 saturated carbocycles. The van der Waals surface area contributed by atoms with Crippen molar-refractivity contribution in [2.24, 2.45) is 0 Å². The van der Waals surface area contributed by atoms with E-state index < -0.39 is 6.04 Å². The van der Waals surface area contributed by atoms with Crippen LogP contribution in [0.15, 0.2) is 72.2 Å². The molecule has 2 aromatic heterocycles. The molecule has 0 aliphatic carbocycles. The summed E-state index contributed by atoms with van der Waals surface area (Å²) in [4.78, 5) is 31.3. The number of H-pyrrole nitrogens is 1. The first-order chi connectivity index (χ1) is 15.0. The Bertz CT molecular complexity index is 1200. The summed E-state index contributed by atoms with van der Waals surface area (Å²) < 4.78 is 13.5. The second-order valence-corrected chi connectivity index (χ2v) is 8.34. The zero-order chi connectivity index (χ0) is 21.8. The average molecular weight is 436 g/mol. The van der Waals surface area contributed by atoms with Gasteiger partial charge in [0.15, 0.2) is 0 Å². The minimum Gasteiger partial charge on any atom is -0.361 e. The fourth-order valence-corrected chi connectivity index (χ4v) is 4.24. The van der Waals surface area contributed by atoms with Crippen molar-refractivity contribution in [3.8, 4) is 0 Å². The summed E-state index contributed by atoms with van der Waals surface area (Å²) in [5.74, 6) is -0.869. The van der Waals surface area contributed by atoms with E-state index in [0.29, 0.717) is 16.9 Å². The van der Waals surface area contributed by atoms with Gasteiger partial charge in [0, 0.05) is 37.1 Å². The van der Waals surface area contributed by atoms with E-state index in [1.807, 2.05) is 35.8 Å². The second-order valence-electron chi connectivity index (χ2n) is 7.39. The minimum absolute atomic E-state index is 0.237. The van der Waals surface area contributed by atoms with Gasteiger partial charge in [0.1, 0.15) is 11.9 Å². The number of hydrogen-bond donors (Lipinski definition) is 2. The number of fused-ring (bicyclic) bond motifs is 1. The molecule has 0 radical (unpaired) electrons. The number of para-hydroxylation sites is 1. The van der Waals surface area contributed by atoms with E-state index in [1.54, 1.807) is 31.3 Å². The Balaban J connectivity index is 1.57. The van der Waals surface area contributed by atoms with Crippen LogP contribution in [0.25, 0.3) is 10.9 Å². The molecule has 2 amide bonds. The fraction of sp³-hybridized carbons (Fsp3) is 0.167. The quantitative estimate of drug-likeness (QED) is 0.453. The molecule has 0 aliphatic heterocycles. The summed E-state index contributed by atoms with van der Waals surface area (Å²) in [5, 5.41) is 5.73. The third-order valence-corrected chi connectivity index (χ3v) is 6.00. The van der Waals surface area contributed by atoms with E-state index in [-0.39, 0.29) is 24.2 Å². The highest BCUT2D eigenvalue weighted by Crippen LogP contribution is 2.20. The number of halogens is 1. The molecule has 2 heterocycles. The lowest BCUT2D eigenvalue weighted by atomic mass is 10.0. The van der Waals surface area contributed by atoms with Crippen molar-refractivity contribution in [2.75, 3.05) is 7.05 Å². The van der Waals surface area contributed by atoms with Crippen LogP contribution in [0.4, 0.5) is 4.39 Å². The van der Waals surface area contributed by atoms with Gasteiger partial charge in [0.25, 0.3) is 5.91 Å². The summed E-state index contributed by atoms with van der Waals surface area (Å²) >= 11 is 1.32. The topological polar surface area (TPSA) is 65.2 Å². The van der Waals surface area contributed by atoms with Gasteiger partial charge in [-0.2, -0.15) is 0 Å². The lowest BCUT2D eigenvalue weighted by Crippen LogP contribution is -2.48. The molecule has 0 fully saturated rings. The summed E-state index contributed by atoms with van der Waals surface area (Å²) in [6.07, 6.45) is 2.21. The molecule has 0 unspecified atom stereocenters. The molecule has 0 spiro atoms. The van der Waals surface area contributed by atoms with E-state index >= 15 is 0 Å². The lowest BCUT2D eigenvalue weighted by molar-refractivity contribution is -0.132. The lowest BCUT2D eigenvalue weighted by Gasteiger charge is -2.24. The molecule has 7 heteroatoms.